The van der Waals surface area contributed by atoms with Crippen LogP contribution in [0, 0.1) is 0 Å². The van der Waals surface area contributed by atoms with Gasteiger partial charge in [-0.05, 0) is 24.3 Å². The highest BCUT2D eigenvalue weighted by Gasteiger charge is 2.27. The number of carbonyl (C=O) groups is 2. The number of nitrogen functional groups attached to an aromatic ring is 1. The number of piperazine rings is 1. The second kappa shape index (κ2) is 9.46. The molecular formula is C21H25N7O4S. The lowest BCUT2D eigenvalue weighted by Crippen LogP contribution is -2.50. The molecule has 174 valence electrons. The summed E-state index contributed by atoms with van der Waals surface area (Å²) >= 11 is 1.33. The van der Waals surface area contributed by atoms with Crippen LogP contribution in [0.5, 0.6) is 5.75 Å². The van der Waals surface area contributed by atoms with Gasteiger partial charge in [0.05, 0.1) is 25.2 Å². The average Bonchev–Trinajstić information content (AvgIpc) is 3.26. The number of rotatable bonds is 5. The van der Waals surface area contributed by atoms with Crippen molar-refractivity contribution in [2.24, 2.45) is 0 Å². The monoisotopic (exact) mass is 471 g/mol. The summed E-state index contributed by atoms with van der Waals surface area (Å²) in [6.07, 6.45) is 0. The Hall–Kier alpha value is -3.64. The first kappa shape index (κ1) is 22.6. The zero-order valence-corrected chi connectivity index (χ0v) is 19.4. The Labute approximate surface area is 194 Å². The third kappa shape index (κ3) is 4.61. The van der Waals surface area contributed by atoms with Crippen molar-refractivity contribution in [2.45, 2.75) is 0 Å². The van der Waals surface area contributed by atoms with Gasteiger partial charge in [-0.1, -0.05) is 0 Å². The van der Waals surface area contributed by atoms with Crippen LogP contribution in [0.2, 0.25) is 0 Å². The smallest absolute Gasteiger partial charge is 0.321 e. The highest BCUT2D eigenvalue weighted by Crippen LogP contribution is 2.34. The van der Waals surface area contributed by atoms with Gasteiger partial charge < -0.3 is 25.6 Å². The summed E-state index contributed by atoms with van der Waals surface area (Å²) in [4.78, 5) is 43.6. The molecule has 0 radical (unpaired) electrons. The van der Waals surface area contributed by atoms with E-state index in [1.54, 1.807) is 48.7 Å². The number of benzene rings is 1. The van der Waals surface area contributed by atoms with Gasteiger partial charge in [0.25, 0.3) is 5.91 Å². The highest BCUT2D eigenvalue weighted by molar-refractivity contribution is 7.17. The fourth-order valence-corrected chi connectivity index (χ4v) is 4.49. The number of thiophene rings is 1. The van der Waals surface area contributed by atoms with E-state index >= 15 is 0 Å². The number of nitrogens with zero attached hydrogens (tertiary/aromatic N) is 5. The van der Waals surface area contributed by atoms with Gasteiger partial charge in [0.2, 0.25) is 5.95 Å². The number of nitrogens with one attached hydrogen (secondary N) is 1. The number of methoxy groups -OCH3 is 1. The first-order chi connectivity index (χ1) is 15.9. The number of carbonyl (C=O) groups excluding carboxylic acids is 2. The van der Waals surface area contributed by atoms with Crippen LogP contribution in [-0.2, 0) is 4.84 Å². The molecule has 1 saturated heterocycles. The fraction of sp³-hybridized carbons (Fsp3) is 0.333. The maximum absolute atomic E-state index is 12.8. The van der Waals surface area contributed by atoms with E-state index in [1.807, 2.05) is 4.90 Å². The number of aromatic nitrogens is 2. The molecule has 0 unspecified atom stereocenters. The molecule has 0 spiro atoms. The van der Waals surface area contributed by atoms with E-state index in [4.69, 9.17) is 15.3 Å². The lowest BCUT2D eigenvalue weighted by Gasteiger charge is -2.35. The standard InChI is InChI=1S/C21H25N7O4S/c1-26(32-3)19(29)15-12-33-18-16(15)17(24-20(22)25-18)27-8-10-28(11-9-27)21(30)23-13-4-6-14(31-2)7-5-13/h4-7,12H,8-11H2,1-3H3,(H,23,30)(H2,22,24,25). The van der Waals surface area contributed by atoms with E-state index < -0.39 is 0 Å². The first-order valence-electron chi connectivity index (χ1n) is 10.2. The Morgan fingerprint density at radius 1 is 1.12 bits per heavy atom. The molecule has 1 fully saturated rings. The molecule has 4 rings (SSSR count). The second-order valence-electron chi connectivity index (χ2n) is 7.35. The minimum absolute atomic E-state index is 0.137. The van der Waals surface area contributed by atoms with Gasteiger partial charge in [-0.15, -0.1) is 11.3 Å². The number of ether oxygens (including phenoxy) is 1. The van der Waals surface area contributed by atoms with Gasteiger partial charge >= 0.3 is 6.03 Å². The summed E-state index contributed by atoms with van der Waals surface area (Å²) in [5, 5.41) is 6.43. The average molecular weight is 472 g/mol. The van der Waals surface area contributed by atoms with Crippen LogP contribution in [0.15, 0.2) is 29.6 Å². The van der Waals surface area contributed by atoms with Gasteiger partial charge in [-0.3, -0.25) is 9.63 Å². The molecule has 0 bridgehead atoms. The maximum atomic E-state index is 12.8. The minimum atomic E-state index is -0.295. The van der Waals surface area contributed by atoms with Crippen molar-refractivity contribution in [1.29, 1.82) is 0 Å². The molecule has 3 N–H and O–H groups in total. The molecule has 1 aliphatic heterocycles. The van der Waals surface area contributed by atoms with Crippen LogP contribution in [-0.4, -0.2) is 79.3 Å². The lowest BCUT2D eigenvalue weighted by molar-refractivity contribution is -0.0755. The Balaban J connectivity index is 1.50. The molecule has 0 aliphatic carbocycles. The molecule has 3 aromatic rings. The van der Waals surface area contributed by atoms with E-state index in [0.717, 1.165) is 10.8 Å². The van der Waals surface area contributed by atoms with Gasteiger partial charge in [0, 0.05) is 44.3 Å². The summed E-state index contributed by atoms with van der Waals surface area (Å²) in [6, 6.07) is 6.98. The first-order valence-corrected chi connectivity index (χ1v) is 11.1. The van der Waals surface area contributed by atoms with E-state index in [-0.39, 0.29) is 17.9 Å². The number of nitrogens with two attached hydrogens (primary N) is 1. The quantitative estimate of drug-likeness (QED) is 0.543. The Morgan fingerprint density at radius 3 is 2.45 bits per heavy atom. The summed E-state index contributed by atoms with van der Waals surface area (Å²) in [5.74, 6) is 1.15. The van der Waals surface area contributed by atoms with Crippen molar-refractivity contribution in [3.63, 3.8) is 0 Å². The number of anilines is 3. The van der Waals surface area contributed by atoms with Crippen molar-refractivity contribution < 1.29 is 19.2 Å². The minimum Gasteiger partial charge on any atom is -0.497 e. The SMILES string of the molecule is COc1ccc(NC(=O)N2CCN(c3nc(N)nc4scc(C(=O)N(C)OC)c34)CC2)cc1. The van der Waals surface area contributed by atoms with Crippen LogP contribution in [0.3, 0.4) is 0 Å². The van der Waals surface area contributed by atoms with Gasteiger partial charge in [-0.2, -0.15) is 4.98 Å². The van der Waals surface area contributed by atoms with Crippen molar-refractivity contribution in [1.82, 2.24) is 19.9 Å². The molecule has 1 aliphatic rings. The van der Waals surface area contributed by atoms with Crippen LogP contribution >= 0.6 is 11.3 Å². The van der Waals surface area contributed by atoms with Gasteiger partial charge in [0.15, 0.2) is 0 Å². The number of amides is 3. The predicted molar refractivity (Wildman–Crippen MR) is 127 cm³/mol. The number of urea groups is 1. The van der Waals surface area contributed by atoms with Crippen molar-refractivity contribution in [2.75, 3.05) is 63.4 Å². The molecule has 3 heterocycles. The molecule has 2 aromatic heterocycles. The summed E-state index contributed by atoms with van der Waals surface area (Å²) < 4.78 is 5.14. The van der Waals surface area contributed by atoms with Crippen LogP contribution in [0.4, 0.5) is 22.2 Å². The molecule has 12 heteroatoms. The summed E-state index contributed by atoms with van der Waals surface area (Å²) in [6.45, 7) is 2.04. The van der Waals surface area contributed by atoms with E-state index in [0.29, 0.717) is 53.5 Å². The highest BCUT2D eigenvalue weighted by atomic mass is 32.1. The van der Waals surface area contributed by atoms with E-state index in [9.17, 15) is 9.59 Å². The largest absolute Gasteiger partial charge is 0.497 e. The van der Waals surface area contributed by atoms with Crippen molar-refractivity contribution >= 4 is 50.9 Å². The Morgan fingerprint density at radius 2 is 1.82 bits per heavy atom. The Bertz CT molecular complexity index is 1160. The molecular weight excluding hydrogens is 446 g/mol. The zero-order valence-electron chi connectivity index (χ0n) is 18.6. The fourth-order valence-electron chi connectivity index (χ4n) is 3.58. The van der Waals surface area contributed by atoms with Gasteiger partial charge in [0.1, 0.15) is 16.4 Å². The number of hydrogen-bond acceptors (Lipinski definition) is 9. The zero-order chi connectivity index (χ0) is 23.5. The molecule has 0 atom stereocenters. The lowest BCUT2D eigenvalue weighted by atomic mass is 10.2. The summed E-state index contributed by atoms with van der Waals surface area (Å²) in [5.41, 5.74) is 7.08. The topological polar surface area (TPSA) is 126 Å². The van der Waals surface area contributed by atoms with Crippen molar-refractivity contribution in [3.8, 4) is 5.75 Å². The molecule has 33 heavy (non-hydrogen) atoms. The Kier molecular flexibility index (Phi) is 6.47. The van der Waals surface area contributed by atoms with E-state index in [2.05, 4.69) is 15.3 Å². The van der Waals surface area contributed by atoms with Crippen LogP contribution in [0.25, 0.3) is 10.2 Å². The number of fused-ring (bicyclic) bond motifs is 1. The predicted octanol–water partition coefficient (Wildman–Crippen LogP) is 2.27. The molecule has 1 aromatic carbocycles. The number of hydrogen-bond donors (Lipinski definition) is 2. The normalized spacial score (nSPS) is 13.8. The van der Waals surface area contributed by atoms with E-state index in [1.165, 1.54) is 18.4 Å². The van der Waals surface area contributed by atoms with Crippen LogP contribution < -0.4 is 20.7 Å². The molecule has 3 amide bonds. The molecule has 0 saturated carbocycles. The summed E-state index contributed by atoms with van der Waals surface area (Å²) in [7, 11) is 4.57. The third-order valence-corrected chi connectivity index (χ3v) is 6.30. The maximum Gasteiger partial charge on any atom is 0.321 e. The second-order valence-corrected chi connectivity index (χ2v) is 8.21. The number of hydroxylamine groups is 2. The van der Waals surface area contributed by atoms with Crippen LogP contribution in [0.1, 0.15) is 10.4 Å². The van der Waals surface area contributed by atoms with Crippen molar-refractivity contribution in [3.05, 3.63) is 35.2 Å². The third-order valence-electron chi connectivity index (χ3n) is 5.43. The van der Waals surface area contributed by atoms with Gasteiger partial charge in [-0.25, -0.2) is 14.8 Å². The molecule has 11 nitrogen and oxygen atoms in total.